The lowest BCUT2D eigenvalue weighted by Gasteiger charge is -2.15. The average molecular weight is 310 g/mol. The van der Waals surface area contributed by atoms with Crippen LogP contribution in [0.4, 0.5) is 0 Å². The zero-order valence-corrected chi connectivity index (χ0v) is 12.9. The Morgan fingerprint density at radius 1 is 1.14 bits per heavy atom. The Labute approximate surface area is 130 Å². The highest BCUT2D eigenvalue weighted by molar-refractivity contribution is 6.02. The maximum absolute atomic E-state index is 12.0. The van der Waals surface area contributed by atoms with Crippen molar-refractivity contribution in [1.82, 2.24) is 0 Å². The molecule has 122 valence electrons. The molecule has 0 amide bonds. The highest BCUT2D eigenvalue weighted by atomic mass is 16.7. The molecule has 0 aliphatic heterocycles. The molecule has 0 saturated carbocycles. The Morgan fingerprint density at radius 2 is 1.82 bits per heavy atom. The third kappa shape index (κ3) is 6.24. The normalized spacial score (nSPS) is 11.9. The minimum atomic E-state index is -1.18. The van der Waals surface area contributed by atoms with Crippen molar-refractivity contribution in [2.75, 3.05) is 19.8 Å². The predicted octanol–water partition coefficient (Wildman–Crippen LogP) is 2.72. The fourth-order valence-electron chi connectivity index (χ4n) is 1.72. The first-order valence-corrected chi connectivity index (χ1v) is 7.29. The van der Waals surface area contributed by atoms with Gasteiger partial charge >= 0.3 is 11.9 Å². The third-order valence-corrected chi connectivity index (χ3v) is 2.87. The molecule has 0 fully saturated rings. The summed E-state index contributed by atoms with van der Waals surface area (Å²) < 4.78 is 15.7. The number of unbranched alkanes of at least 4 members (excludes halogenated alkanes) is 1. The zero-order chi connectivity index (χ0) is 16.4. The average Bonchev–Trinajstić information content (AvgIpc) is 2.50. The summed E-state index contributed by atoms with van der Waals surface area (Å²) in [6, 6.07) is 5.89. The van der Waals surface area contributed by atoms with Crippen molar-refractivity contribution >= 4 is 11.9 Å². The molecule has 0 aliphatic rings. The van der Waals surface area contributed by atoms with E-state index in [1.54, 1.807) is 19.1 Å². The Hall–Kier alpha value is -1.92. The molecular formula is C16H22O6. The van der Waals surface area contributed by atoms with Crippen molar-refractivity contribution in [3.05, 3.63) is 35.4 Å². The first-order valence-electron chi connectivity index (χ1n) is 7.29. The molecule has 6 heteroatoms. The van der Waals surface area contributed by atoms with Crippen molar-refractivity contribution < 1.29 is 28.9 Å². The van der Waals surface area contributed by atoms with Gasteiger partial charge in [-0.25, -0.2) is 9.59 Å². The van der Waals surface area contributed by atoms with E-state index in [1.165, 1.54) is 12.1 Å². The standard InChI is InChI=1S/C16H22O6/c1-3-4-9-20-10-11-21-12(2)22-16(19)14-8-6-5-7-13(14)15(17)18/h5-8,12H,3-4,9-11H2,1-2H3,(H,17,18). The molecule has 0 aromatic heterocycles. The summed E-state index contributed by atoms with van der Waals surface area (Å²) in [7, 11) is 0. The van der Waals surface area contributed by atoms with Gasteiger partial charge in [0.15, 0.2) is 0 Å². The van der Waals surface area contributed by atoms with E-state index in [1.807, 2.05) is 0 Å². The van der Waals surface area contributed by atoms with E-state index < -0.39 is 18.2 Å². The molecule has 1 aromatic carbocycles. The van der Waals surface area contributed by atoms with Crippen LogP contribution in [0, 0.1) is 0 Å². The van der Waals surface area contributed by atoms with Crippen LogP contribution in [0.1, 0.15) is 47.4 Å². The number of benzene rings is 1. The van der Waals surface area contributed by atoms with E-state index in [9.17, 15) is 9.59 Å². The second-order valence-electron chi connectivity index (χ2n) is 4.66. The molecule has 1 aromatic rings. The van der Waals surface area contributed by atoms with Gasteiger partial charge in [0, 0.05) is 6.61 Å². The van der Waals surface area contributed by atoms with Crippen LogP contribution < -0.4 is 0 Å². The van der Waals surface area contributed by atoms with Crippen molar-refractivity contribution in [3.8, 4) is 0 Å². The van der Waals surface area contributed by atoms with E-state index in [0.29, 0.717) is 19.8 Å². The summed E-state index contributed by atoms with van der Waals surface area (Å²) >= 11 is 0. The van der Waals surface area contributed by atoms with Gasteiger partial charge in [-0.3, -0.25) is 0 Å². The van der Waals surface area contributed by atoms with E-state index in [-0.39, 0.29) is 11.1 Å². The molecule has 6 nitrogen and oxygen atoms in total. The van der Waals surface area contributed by atoms with E-state index in [2.05, 4.69) is 6.92 Å². The SMILES string of the molecule is CCCCOCCOC(C)OC(=O)c1ccccc1C(=O)O. The molecule has 0 heterocycles. The van der Waals surface area contributed by atoms with Gasteiger partial charge < -0.3 is 19.3 Å². The molecule has 0 bridgehead atoms. The van der Waals surface area contributed by atoms with Gasteiger partial charge in [0.25, 0.3) is 0 Å². The van der Waals surface area contributed by atoms with Gasteiger partial charge in [0.05, 0.1) is 24.3 Å². The van der Waals surface area contributed by atoms with E-state index in [0.717, 1.165) is 12.8 Å². The van der Waals surface area contributed by atoms with Crippen molar-refractivity contribution in [1.29, 1.82) is 0 Å². The number of esters is 1. The van der Waals surface area contributed by atoms with Crippen LogP contribution in [-0.4, -0.2) is 43.2 Å². The zero-order valence-electron chi connectivity index (χ0n) is 12.9. The van der Waals surface area contributed by atoms with Gasteiger partial charge in [-0.2, -0.15) is 0 Å². The summed E-state index contributed by atoms with van der Waals surface area (Å²) in [5, 5.41) is 9.04. The van der Waals surface area contributed by atoms with Crippen LogP contribution in [0.3, 0.4) is 0 Å². The number of ether oxygens (including phenoxy) is 3. The third-order valence-electron chi connectivity index (χ3n) is 2.87. The molecule has 0 saturated heterocycles. The number of carbonyl (C=O) groups is 2. The summed E-state index contributed by atoms with van der Waals surface area (Å²) in [4.78, 5) is 23.0. The smallest absolute Gasteiger partial charge is 0.341 e. The molecule has 1 atom stereocenters. The summed E-state index contributed by atoms with van der Waals surface area (Å²) in [5.41, 5.74) is -0.0905. The molecule has 1 N–H and O–H groups in total. The van der Waals surface area contributed by atoms with E-state index >= 15 is 0 Å². The van der Waals surface area contributed by atoms with Crippen LogP contribution in [-0.2, 0) is 14.2 Å². The molecule has 1 rings (SSSR count). The van der Waals surface area contributed by atoms with Crippen LogP contribution in [0.2, 0.25) is 0 Å². The quantitative estimate of drug-likeness (QED) is 0.406. The maximum atomic E-state index is 12.0. The topological polar surface area (TPSA) is 82.1 Å². The highest BCUT2D eigenvalue weighted by Crippen LogP contribution is 2.11. The van der Waals surface area contributed by atoms with E-state index in [4.69, 9.17) is 19.3 Å². The van der Waals surface area contributed by atoms with Crippen molar-refractivity contribution in [2.24, 2.45) is 0 Å². The first kappa shape index (κ1) is 18.1. The molecule has 1 unspecified atom stereocenters. The highest BCUT2D eigenvalue weighted by Gasteiger charge is 2.19. The van der Waals surface area contributed by atoms with Crippen LogP contribution >= 0.6 is 0 Å². The molecular weight excluding hydrogens is 288 g/mol. The Bertz CT molecular complexity index is 485. The summed E-state index contributed by atoms with van der Waals surface area (Å²) in [6.45, 7) is 5.07. The van der Waals surface area contributed by atoms with Crippen LogP contribution in [0.25, 0.3) is 0 Å². The number of carboxylic acids is 1. The second kappa shape index (κ2) is 9.92. The number of carbonyl (C=O) groups excluding carboxylic acids is 1. The number of carboxylic acid groups (broad SMARTS) is 1. The predicted molar refractivity (Wildman–Crippen MR) is 80.0 cm³/mol. The lowest BCUT2D eigenvalue weighted by atomic mass is 10.1. The first-order chi connectivity index (χ1) is 10.6. The second-order valence-corrected chi connectivity index (χ2v) is 4.66. The van der Waals surface area contributed by atoms with Gasteiger partial charge in [-0.1, -0.05) is 25.5 Å². The Balaban J connectivity index is 2.40. The lowest BCUT2D eigenvalue weighted by molar-refractivity contribution is -0.109. The Kier molecular flexibility index (Phi) is 8.17. The largest absolute Gasteiger partial charge is 0.478 e. The fourth-order valence-corrected chi connectivity index (χ4v) is 1.72. The molecule has 0 radical (unpaired) electrons. The maximum Gasteiger partial charge on any atom is 0.341 e. The fraction of sp³-hybridized carbons (Fsp3) is 0.500. The summed E-state index contributed by atoms with van der Waals surface area (Å²) in [5.74, 6) is -1.90. The van der Waals surface area contributed by atoms with Gasteiger partial charge in [-0.15, -0.1) is 0 Å². The number of hydrogen-bond acceptors (Lipinski definition) is 5. The monoisotopic (exact) mass is 310 g/mol. The minimum absolute atomic E-state index is 0.00430. The van der Waals surface area contributed by atoms with Gasteiger partial charge in [0.1, 0.15) is 0 Å². The minimum Gasteiger partial charge on any atom is -0.478 e. The lowest BCUT2D eigenvalue weighted by Crippen LogP contribution is -2.21. The number of hydrogen-bond donors (Lipinski definition) is 1. The summed E-state index contributed by atoms with van der Waals surface area (Å²) in [6.07, 6.45) is 1.29. The Morgan fingerprint density at radius 3 is 2.45 bits per heavy atom. The molecule has 0 spiro atoms. The van der Waals surface area contributed by atoms with Crippen molar-refractivity contribution in [2.45, 2.75) is 33.0 Å². The number of rotatable bonds is 10. The molecule has 22 heavy (non-hydrogen) atoms. The van der Waals surface area contributed by atoms with Crippen molar-refractivity contribution in [3.63, 3.8) is 0 Å². The van der Waals surface area contributed by atoms with Crippen LogP contribution in [0.15, 0.2) is 24.3 Å². The molecule has 0 aliphatic carbocycles. The van der Waals surface area contributed by atoms with Crippen LogP contribution in [0.5, 0.6) is 0 Å². The van der Waals surface area contributed by atoms with Gasteiger partial charge in [-0.05, 0) is 25.5 Å². The van der Waals surface area contributed by atoms with Gasteiger partial charge in [0.2, 0.25) is 6.29 Å². The number of aromatic carboxylic acids is 1.